The average molecular weight is 272 g/mol. The molecule has 0 aliphatic heterocycles. The summed E-state index contributed by atoms with van der Waals surface area (Å²) in [5.41, 5.74) is 1.17. The second-order valence-electron chi connectivity index (χ2n) is 4.37. The van der Waals surface area contributed by atoms with Crippen molar-refractivity contribution in [2.45, 2.75) is 32.6 Å². The Labute approximate surface area is 109 Å². The lowest BCUT2D eigenvalue weighted by molar-refractivity contribution is 0.305. The molecule has 1 N–H and O–H groups in total. The Bertz CT molecular complexity index is 454. The van der Waals surface area contributed by atoms with Gasteiger partial charge in [-0.25, -0.2) is 0 Å². The first-order valence-corrected chi connectivity index (χ1v) is 7.73. The van der Waals surface area contributed by atoms with E-state index in [1.165, 1.54) is 5.56 Å². The highest BCUT2D eigenvalue weighted by Gasteiger charge is 2.02. The van der Waals surface area contributed by atoms with Crippen molar-refractivity contribution < 1.29 is 17.7 Å². The highest BCUT2D eigenvalue weighted by molar-refractivity contribution is 7.85. The third-order valence-electron chi connectivity index (χ3n) is 2.55. The fourth-order valence-corrected chi connectivity index (χ4v) is 2.20. The van der Waals surface area contributed by atoms with Crippen LogP contribution in [0.15, 0.2) is 24.3 Å². The van der Waals surface area contributed by atoms with Crippen molar-refractivity contribution in [3.05, 3.63) is 29.8 Å². The highest BCUT2D eigenvalue weighted by atomic mass is 32.2. The van der Waals surface area contributed by atoms with Crippen LogP contribution in [0.3, 0.4) is 0 Å². The smallest absolute Gasteiger partial charge is 0.264 e. The molecule has 5 heteroatoms. The Kier molecular flexibility index (Phi) is 6.15. The Balaban J connectivity index is 2.06. The molecule has 0 saturated carbocycles. The van der Waals surface area contributed by atoms with Gasteiger partial charge >= 0.3 is 0 Å². The molecule has 18 heavy (non-hydrogen) atoms. The lowest BCUT2D eigenvalue weighted by Crippen LogP contribution is -2.04. The third-order valence-corrected chi connectivity index (χ3v) is 3.36. The molecule has 4 nitrogen and oxygen atoms in total. The van der Waals surface area contributed by atoms with Crippen molar-refractivity contribution >= 4 is 10.1 Å². The minimum Gasteiger partial charge on any atom is -0.494 e. The molecule has 0 unspecified atom stereocenters. The fraction of sp³-hybridized carbons (Fsp3) is 0.538. The number of aryl methyl sites for hydroxylation is 1. The van der Waals surface area contributed by atoms with E-state index in [1.54, 1.807) is 0 Å². The molecule has 0 amide bonds. The summed E-state index contributed by atoms with van der Waals surface area (Å²) in [5, 5.41) is 0. The van der Waals surface area contributed by atoms with Crippen molar-refractivity contribution in [2.24, 2.45) is 0 Å². The van der Waals surface area contributed by atoms with E-state index in [0.717, 1.165) is 25.0 Å². The molecule has 0 aliphatic rings. The largest absolute Gasteiger partial charge is 0.494 e. The van der Waals surface area contributed by atoms with E-state index < -0.39 is 10.1 Å². The summed E-state index contributed by atoms with van der Waals surface area (Å²) in [6.07, 6.45) is 3.08. The molecular weight excluding hydrogens is 252 g/mol. The zero-order valence-electron chi connectivity index (χ0n) is 10.6. The van der Waals surface area contributed by atoms with E-state index in [1.807, 2.05) is 31.2 Å². The number of rotatable bonds is 8. The molecule has 0 atom stereocenters. The zero-order chi connectivity index (χ0) is 13.4. The Hall–Kier alpha value is -1.07. The van der Waals surface area contributed by atoms with Gasteiger partial charge in [-0.15, -0.1) is 0 Å². The lowest BCUT2D eigenvalue weighted by Gasteiger charge is -2.06. The normalized spacial score (nSPS) is 11.4. The van der Waals surface area contributed by atoms with Crippen molar-refractivity contribution in [2.75, 3.05) is 12.4 Å². The van der Waals surface area contributed by atoms with Gasteiger partial charge in [0.15, 0.2) is 0 Å². The lowest BCUT2D eigenvalue weighted by atomic mass is 10.2. The Morgan fingerprint density at radius 2 is 1.89 bits per heavy atom. The molecule has 102 valence electrons. The molecular formula is C13H20O4S. The molecule has 1 aromatic carbocycles. The predicted molar refractivity (Wildman–Crippen MR) is 71.6 cm³/mol. The molecule has 0 radical (unpaired) electrons. The summed E-state index contributed by atoms with van der Waals surface area (Å²) < 4.78 is 35.0. The first-order valence-electron chi connectivity index (χ1n) is 6.12. The zero-order valence-corrected chi connectivity index (χ0v) is 11.4. The maximum Gasteiger partial charge on any atom is 0.264 e. The maximum absolute atomic E-state index is 10.5. The molecule has 0 heterocycles. The van der Waals surface area contributed by atoms with Gasteiger partial charge in [-0.3, -0.25) is 4.55 Å². The van der Waals surface area contributed by atoms with Gasteiger partial charge in [0.25, 0.3) is 10.1 Å². The maximum atomic E-state index is 10.5. The molecule has 0 aromatic heterocycles. The highest BCUT2D eigenvalue weighted by Crippen LogP contribution is 2.13. The van der Waals surface area contributed by atoms with Crippen LogP contribution in [0.2, 0.25) is 0 Å². The topological polar surface area (TPSA) is 63.6 Å². The first-order chi connectivity index (χ1) is 8.47. The van der Waals surface area contributed by atoms with Crippen molar-refractivity contribution in [1.82, 2.24) is 0 Å². The third kappa shape index (κ3) is 7.29. The van der Waals surface area contributed by atoms with Gasteiger partial charge in [0.1, 0.15) is 5.75 Å². The van der Waals surface area contributed by atoms with E-state index in [4.69, 9.17) is 9.29 Å². The van der Waals surface area contributed by atoms with Crippen molar-refractivity contribution in [1.29, 1.82) is 0 Å². The molecule has 0 aliphatic carbocycles. The summed E-state index contributed by atoms with van der Waals surface area (Å²) in [7, 11) is -3.80. The summed E-state index contributed by atoms with van der Waals surface area (Å²) in [6.45, 7) is 2.65. The molecule has 0 saturated heterocycles. The molecule has 1 rings (SSSR count). The van der Waals surface area contributed by atoms with Gasteiger partial charge in [-0.05, 0) is 37.5 Å². The van der Waals surface area contributed by atoms with E-state index in [9.17, 15) is 8.42 Å². The van der Waals surface area contributed by atoms with Gasteiger partial charge in [-0.1, -0.05) is 25.0 Å². The average Bonchev–Trinajstić information content (AvgIpc) is 2.26. The Morgan fingerprint density at radius 1 is 1.17 bits per heavy atom. The number of hydrogen-bond acceptors (Lipinski definition) is 3. The van der Waals surface area contributed by atoms with Gasteiger partial charge in [0, 0.05) is 0 Å². The van der Waals surface area contributed by atoms with Gasteiger partial charge in [-0.2, -0.15) is 8.42 Å². The second-order valence-corrected chi connectivity index (χ2v) is 5.94. The van der Waals surface area contributed by atoms with Crippen LogP contribution in [-0.4, -0.2) is 25.3 Å². The van der Waals surface area contributed by atoms with Crippen LogP contribution >= 0.6 is 0 Å². The van der Waals surface area contributed by atoms with E-state index in [2.05, 4.69) is 0 Å². The van der Waals surface area contributed by atoms with Gasteiger partial charge in [0.2, 0.25) is 0 Å². The van der Waals surface area contributed by atoms with Crippen LogP contribution in [-0.2, 0) is 10.1 Å². The monoisotopic (exact) mass is 272 g/mol. The summed E-state index contributed by atoms with van der Waals surface area (Å²) in [6, 6.07) is 7.88. The van der Waals surface area contributed by atoms with Gasteiger partial charge in [0.05, 0.1) is 12.4 Å². The van der Waals surface area contributed by atoms with Gasteiger partial charge < -0.3 is 4.74 Å². The van der Waals surface area contributed by atoms with Crippen LogP contribution < -0.4 is 4.74 Å². The van der Waals surface area contributed by atoms with E-state index in [0.29, 0.717) is 13.0 Å². The SMILES string of the molecule is Cc1cccc(OCCCCCCS(=O)(=O)O)c1. The van der Waals surface area contributed by atoms with Crippen LogP contribution in [0.25, 0.3) is 0 Å². The number of hydrogen-bond donors (Lipinski definition) is 1. The minimum absolute atomic E-state index is 0.147. The minimum atomic E-state index is -3.80. The van der Waals surface area contributed by atoms with Crippen LogP contribution in [0.5, 0.6) is 5.75 Å². The molecule has 0 fully saturated rings. The summed E-state index contributed by atoms with van der Waals surface area (Å²) in [5.74, 6) is 0.721. The first kappa shape index (κ1) is 15.0. The van der Waals surface area contributed by atoms with Crippen molar-refractivity contribution in [3.8, 4) is 5.75 Å². The van der Waals surface area contributed by atoms with E-state index in [-0.39, 0.29) is 5.75 Å². The molecule has 0 spiro atoms. The van der Waals surface area contributed by atoms with Crippen LogP contribution in [0.4, 0.5) is 0 Å². The number of benzene rings is 1. The predicted octanol–water partition coefficient (Wildman–Crippen LogP) is 2.82. The summed E-state index contributed by atoms with van der Waals surface area (Å²) >= 11 is 0. The molecule has 1 aromatic rings. The molecule has 0 bridgehead atoms. The van der Waals surface area contributed by atoms with Crippen LogP contribution in [0, 0.1) is 6.92 Å². The Morgan fingerprint density at radius 3 is 2.56 bits per heavy atom. The second kappa shape index (κ2) is 7.38. The summed E-state index contributed by atoms with van der Waals surface area (Å²) in [4.78, 5) is 0. The van der Waals surface area contributed by atoms with E-state index >= 15 is 0 Å². The standard InChI is InChI=1S/C13H20O4S/c1-12-7-6-8-13(11-12)17-9-4-2-3-5-10-18(14,15)16/h6-8,11H,2-5,9-10H2,1H3,(H,14,15,16). The fourth-order valence-electron chi connectivity index (χ4n) is 1.64. The van der Waals surface area contributed by atoms with Crippen molar-refractivity contribution in [3.63, 3.8) is 0 Å². The number of ether oxygens (including phenoxy) is 1. The van der Waals surface area contributed by atoms with Crippen LogP contribution in [0.1, 0.15) is 31.2 Å². The quantitative estimate of drug-likeness (QED) is 0.584. The number of unbranched alkanes of at least 4 members (excludes halogenated alkanes) is 3.